The quantitative estimate of drug-likeness (QED) is 0.644. The minimum atomic E-state index is -0.359. The van der Waals surface area contributed by atoms with Gasteiger partial charge in [-0.3, -0.25) is 14.6 Å². The molecule has 1 aliphatic rings. The lowest BCUT2D eigenvalue weighted by molar-refractivity contribution is -0.117. The third kappa shape index (κ3) is 3.72. The van der Waals surface area contributed by atoms with E-state index < -0.39 is 0 Å². The number of fused-ring (bicyclic) bond motifs is 1. The van der Waals surface area contributed by atoms with Crippen LogP contribution < -0.4 is 10.2 Å². The van der Waals surface area contributed by atoms with Crippen molar-refractivity contribution in [2.24, 2.45) is 0 Å². The minimum absolute atomic E-state index is 0.00614. The number of carbonyl (C=O) groups excluding carboxylic acids is 2. The molecule has 0 saturated heterocycles. The van der Waals surface area contributed by atoms with Crippen molar-refractivity contribution < 1.29 is 9.59 Å². The van der Waals surface area contributed by atoms with E-state index in [1.165, 1.54) is 5.56 Å². The first-order valence-electron chi connectivity index (χ1n) is 10.5. The summed E-state index contributed by atoms with van der Waals surface area (Å²) in [5.41, 5.74) is 3.44. The molecule has 1 N–H and O–H groups in total. The normalized spacial score (nSPS) is 19.4. The Morgan fingerprint density at radius 2 is 1.68 bits per heavy atom. The van der Waals surface area contributed by atoms with Crippen LogP contribution in [0.1, 0.15) is 55.7 Å². The minimum Gasteiger partial charge on any atom is -0.321 e. The summed E-state index contributed by atoms with van der Waals surface area (Å²) in [4.78, 5) is 31.3. The molecule has 1 aliphatic heterocycles. The lowest BCUT2D eigenvalue weighted by Gasteiger charge is -2.51. The third-order valence-electron chi connectivity index (χ3n) is 6.10. The van der Waals surface area contributed by atoms with E-state index >= 15 is 0 Å². The van der Waals surface area contributed by atoms with E-state index in [9.17, 15) is 9.59 Å². The smallest absolute Gasteiger partial charge is 0.274 e. The fourth-order valence-corrected chi connectivity index (χ4v) is 4.97. The van der Waals surface area contributed by atoms with E-state index in [2.05, 4.69) is 43.2 Å². The van der Waals surface area contributed by atoms with Crippen LogP contribution in [0.5, 0.6) is 0 Å². The maximum atomic E-state index is 12.7. The van der Waals surface area contributed by atoms with E-state index in [0.29, 0.717) is 11.4 Å². The molecule has 158 valence electrons. The molecule has 2 aromatic carbocycles. The average Bonchev–Trinajstić information content (AvgIpc) is 2.74. The summed E-state index contributed by atoms with van der Waals surface area (Å²) in [6, 6.07) is 21.4. The second-order valence-electron chi connectivity index (χ2n) is 8.94. The Bertz CT molecular complexity index is 1130. The molecular weight excluding hydrogens is 386 g/mol. The number of nitrogens with one attached hydrogen (secondary N) is 1. The van der Waals surface area contributed by atoms with Gasteiger partial charge in [-0.05, 0) is 61.7 Å². The summed E-state index contributed by atoms with van der Waals surface area (Å²) in [6.07, 6.45) is 2.36. The Labute approximate surface area is 183 Å². The summed E-state index contributed by atoms with van der Waals surface area (Å²) < 4.78 is 0. The number of amides is 2. The van der Waals surface area contributed by atoms with Gasteiger partial charge in [0.05, 0.1) is 0 Å². The van der Waals surface area contributed by atoms with Gasteiger partial charge in [0.1, 0.15) is 5.69 Å². The van der Waals surface area contributed by atoms with Crippen LogP contribution in [0, 0.1) is 0 Å². The van der Waals surface area contributed by atoms with Crippen LogP contribution in [0.15, 0.2) is 72.9 Å². The van der Waals surface area contributed by atoms with Crippen molar-refractivity contribution in [3.05, 3.63) is 89.7 Å². The topological polar surface area (TPSA) is 62.3 Å². The van der Waals surface area contributed by atoms with Crippen molar-refractivity contribution in [3.63, 3.8) is 0 Å². The Kier molecular flexibility index (Phi) is 5.13. The van der Waals surface area contributed by atoms with Crippen LogP contribution in [0.2, 0.25) is 0 Å². The van der Waals surface area contributed by atoms with Gasteiger partial charge in [-0.2, -0.15) is 0 Å². The number of carbonyl (C=O) groups is 2. The number of hydrogen-bond acceptors (Lipinski definition) is 3. The molecule has 5 nitrogen and oxygen atoms in total. The third-order valence-corrected chi connectivity index (χ3v) is 6.10. The van der Waals surface area contributed by atoms with E-state index in [1.54, 1.807) is 31.3 Å². The summed E-state index contributed by atoms with van der Waals surface area (Å²) in [6.45, 7) is 8.03. The lowest BCUT2D eigenvalue weighted by Crippen LogP contribution is -2.55. The molecule has 5 heteroatoms. The van der Waals surface area contributed by atoms with Gasteiger partial charge in [-0.15, -0.1) is 0 Å². The predicted octanol–water partition coefficient (Wildman–Crippen LogP) is 5.18. The van der Waals surface area contributed by atoms with E-state index in [4.69, 9.17) is 0 Å². The van der Waals surface area contributed by atoms with Crippen LogP contribution in [-0.4, -0.2) is 22.3 Å². The van der Waals surface area contributed by atoms with Crippen molar-refractivity contribution >= 4 is 23.2 Å². The summed E-state index contributed by atoms with van der Waals surface area (Å²) in [5, 5.41) is 2.96. The molecule has 1 aromatic heterocycles. The highest BCUT2D eigenvalue weighted by atomic mass is 16.2. The zero-order chi connectivity index (χ0) is 22.2. The summed E-state index contributed by atoms with van der Waals surface area (Å²) in [5.74, 6) is -0.256. The number of benzene rings is 2. The molecule has 0 fully saturated rings. The highest BCUT2D eigenvalue weighted by molar-refractivity contribution is 6.03. The highest BCUT2D eigenvalue weighted by Gasteiger charge is 2.47. The van der Waals surface area contributed by atoms with Crippen LogP contribution in [0.25, 0.3) is 0 Å². The molecule has 0 spiro atoms. The zero-order valence-corrected chi connectivity index (χ0v) is 18.3. The fraction of sp³-hybridized carbons (Fsp3) is 0.269. The van der Waals surface area contributed by atoms with Crippen LogP contribution >= 0.6 is 0 Å². The second-order valence-corrected chi connectivity index (χ2v) is 8.94. The number of hydrogen-bond donors (Lipinski definition) is 1. The van der Waals surface area contributed by atoms with Gasteiger partial charge in [-0.25, -0.2) is 0 Å². The Hall–Kier alpha value is -3.47. The van der Waals surface area contributed by atoms with Gasteiger partial charge >= 0.3 is 0 Å². The Morgan fingerprint density at radius 3 is 2.32 bits per heavy atom. The van der Waals surface area contributed by atoms with Crippen molar-refractivity contribution in [1.82, 2.24) is 4.98 Å². The number of anilines is 2. The predicted molar refractivity (Wildman–Crippen MR) is 123 cm³/mol. The standard InChI is InChI=1S/C26H27N3O2/c1-18(30)29-23-14-13-20(28-24(31)22-12-8-9-15-27-22)16-21(23)26(4,17-25(29,2)3)19-10-6-5-7-11-19/h5-16H,17H2,1-4H3,(H,28,31). The van der Waals surface area contributed by atoms with E-state index in [1.807, 2.05) is 41.3 Å². The molecule has 4 rings (SSSR count). The first-order chi connectivity index (χ1) is 14.7. The number of aromatic nitrogens is 1. The monoisotopic (exact) mass is 413 g/mol. The summed E-state index contributed by atoms with van der Waals surface area (Å²) in [7, 11) is 0. The Morgan fingerprint density at radius 1 is 0.968 bits per heavy atom. The van der Waals surface area contributed by atoms with E-state index in [-0.39, 0.29) is 22.8 Å². The largest absolute Gasteiger partial charge is 0.321 e. The molecule has 0 bridgehead atoms. The van der Waals surface area contributed by atoms with Gasteiger partial charge in [0.25, 0.3) is 5.91 Å². The van der Waals surface area contributed by atoms with Crippen LogP contribution in [0.4, 0.5) is 11.4 Å². The molecule has 2 amide bonds. The number of pyridine rings is 1. The molecule has 0 radical (unpaired) electrons. The van der Waals surface area contributed by atoms with Crippen molar-refractivity contribution in [2.75, 3.05) is 10.2 Å². The van der Waals surface area contributed by atoms with Crippen molar-refractivity contribution in [3.8, 4) is 0 Å². The molecule has 31 heavy (non-hydrogen) atoms. The Balaban J connectivity index is 1.83. The molecular formula is C26H27N3O2. The van der Waals surface area contributed by atoms with Gasteiger partial charge in [0.2, 0.25) is 5.91 Å². The molecule has 1 unspecified atom stereocenters. The summed E-state index contributed by atoms with van der Waals surface area (Å²) >= 11 is 0. The van der Waals surface area contributed by atoms with Gasteiger partial charge in [-0.1, -0.05) is 43.3 Å². The van der Waals surface area contributed by atoms with Crippen molar-refractivity contribution in [1.29, 1.82) is 0 Å². The molecule has 3 aromatic rings. The van der Waals surface area contributed by atoms with Gasteiger partial charge in [0.15, 0.2) is 0 Å². The number of nitrogens with zero attached hydrogens (tertiary/aromatic N) is 2. The van der Waals surface area contributed by atoms with Crippen LogP contribution in [-0.2, 0) is 10.2 Å². The maximum absolute atomic E-state index is 12.7. The van der Waals surface area contributed by atoms with Gasteiger partial charge in [0, 0.05) is 35.4 Å². The van der Waals surface area contributed by atoms with E-state index in [0.717, 1.165) is 17.7 Å². The second kappa shape index (κ2) is 7.65. The van der Waals surface area contributed by atoms with Gasteiger partial charge < -0.3 is 10.2 Å². The molecule has 0 saturated carbocycles. The number of rotatable bonds is 3. The first kappa shape index (κ1) is 20.8. The SMILES string of the molecule is CC(=O)N1c2ccc(NC(=O)c3ccccn3)cc2C(C)(c2ccccc2)CC1(C)C. The molecule has 2 heterocycles. The maximum Gasteiger partial charge on any atom is 0.274 e. The fourth-order valence-electron chi connectivity index (χ4n) is 4.97. The zero-order valence-electron chi connectivity index (χ0n) is 18.3. The molecule has 1 atom stereocenters. The van der Waals surface area contributed by atoms with Crippen molar-refractivity contribution in [2.45, 2.75) is 45.1 Å². The average molecular weight is 414 g/mol. The lowest BCUT2D eigenvalue weighted by atomic mass is 9.65. The highest BCUT2D eigenvalue weighted by Crippen LogP contribution is 2.51. The van der Waals surface area contributed by atoms with Crippen LogP contribution in [0.3, 0.4) is 0 Å². The first-order valence-corrected chi connectivity index (χ1v) is 10.5. The molecule has 0 aliphatic carbocycles.